The quantitative estimate of drug-likeness (QED) is 0.703. The molecule has 0 bridgehead atoms. The van der Waals surface area contributed by atoms with Crippen molar-refractivity contribution in [3.8, 4) is 17.1 Å². The number of aromatic hydroxyl groups is 1. The number of carboxylic acid groups (broad SMARTS) is 1. The summed E-state index contributed by atoms with van der Waals surface area (Å²) < 4.78 is 0. The highest BCUT2D eigenvalue weighted by Crippen LogP contribution is 2.33. The first-order valence-electron chi connectivity index (χ1n) is 9.71. The molecule has 2 N–H and O–H groups in total. The molecule has 0 spiro atoms. The van der Waals surface area contributed by atoms with Crippen LogP contribution in [0.1, 0.15) is 18.4 Å². The number of benzene rings is 2. The van der Waals surface area contributed by atoms with Gasteiger partial charge < -0.3 is 20.0 Å². The van der Waals surface area contributed by atoms with Gasteiger partial charge in [0, 0.05) is 25.5 Å². The van der Waals surface area contributed by atoms with Crippen LogP contribution in [0.3, 0.4) is 0 Å². The maximum Gasteiger partial charge on any atom is 0.407 e. The average Bonchev–Trinajstić information content (AvgIpc) is 2.72. The molecule has 0 aliphatic carbocycles. The van der Waals surface area contributed by atoms with E-state index in [2.05, 4.69) is 4.90 Å². The molecule has 7 nitrogen and oxygen atoms in total. The standard InChI is InChI=1S/C22H24N4O3/c1-14-9-10-16-18(12-14)23-20(17-7-3-4-8-19(17)27)24-21(16)26-11-5-6-15(13-26)25(2)22(28)29/h3-4,7-10,12,15,27H,5-6,11,13H2,1-2H3,(H,28,29)/t15-/m1/s1. The molecule has 1 fully saturated rings. The summed E-state index contributed by atoms with van der Waals surface area (Å²) in [5, 5.41) is 20.6. The van der Waals surface area contributed by atoms with E-state index in [9.17, 15) is 15.0 Å². The van der Waals surface area contributed by atoms with Gasteiger partial charge >= 0.3 is 6.09 Å². The summed E-state index contributed by atoms with van der Waals surface area (Å²) in [6.45, 7) is 3.38. The number of carbonyl (C=O) groups is 1. The van der Waals surface area contributed by atoms with Crippen LogP contribution in [-0.4, -0.2) is 57.4 Å². The maximum atomic E-state index is 11.4. The number of rotatable bonds is 3. The van der Waals surface area contributed by atoms with E-state index in [4.69, 9.17) is 9.97 Å². The van der Waals surface area contributed by atoms with Crippen LogP contribution in [0.2, 0.25) is 0 Å². The van der Waals surface area contributed by atoms with E-state index >= 15 is 0 Å². The number of aryl methyl sites for hydroxylation is 1. The summed E-state index contributed by atoms with van der Waals surface area (Å²) in [6.07, 6.45) is 0.786. The largest absolute Gasteiger partial charge is 0.507 e. The van der Waals surface area contributed by atoms with Crippen LogP contribution in [0.25, 0.3) is 22.3 Å². The molecule has 1 amide bonds. The Morgan fingerprint density at radius 2 is 2.00 bits per heavy atom. The van der Waals surface area contributed by atoms with E-state index in [1.165, 1.54) is 4.90 Å². The molecule has 7 heteroatoms. The minimum absolute atomic E-state index is 0.0923. The lowest BCUT2D eigenvalue weighted by Crippen LogP contribution is -2.48. The number of hydrogen-bond acceptors (Lipinski definition) is 5. The molecular weight excluding hydrogens is 368 g/mol. The summed E-state index contributed by atoms with van der Waals surface area (Å²) in [4.78, 5) is 24.5. The van der Waals surface area contributed by atoms with Crippen LogP contribution in [0.4, 0.5) is 10.6 Å². The van der Waals surface area contributed by atoms with Crippen LogP contribution in [0.15, 0.2) is 42.5 Å². The molecule has 1 aliphatic heterocycles. The minimum atomic E-state index is -0.921. The van der Waals surface area contributed by atoms with Gasteiger partial charge in [-0.1, -0.05) is 18.2 Å². The van der Waals surface area contributed by atoms with Crippen LogP contribution in [0, 0.1) is 6.92 Å². The number of anilines is 1. The Morgan fingerprint density at radius 1 is 1.21 bits per heavy atom. The van der Waals surface area contributed by atoms with E-state index in [-0.39, 0.29) is 11.8 Å². The van der Waals surface area contributed by atoms with Crippen LogP contribution >= 0.6 is 0 Å². The SMILES string of the molecule is Cc1ccc2c(N3CCC[C@@H](N(C)C(=O)O)C3)nc(-c3ccccc3O)nc2c1. The molecule has 4 rings (SSSR count). The van der Waals surface area contributed by atoms with E-state index in [0.717, 1.165) is 41.7 Å². The van der Waals surface area contributed by atoms with Gasteiger partial charge in [-0.3, -0.25) is 0 Å². The smallest absolute Gasteiger partial charge is 0.407 e. The van der Waals surface area contributed by atoms with Gasteiger partial charge in [0.1, 0.15) is 11.6 Å². The fourth-order valence-corrected chi connectivity index (χ4v) is 3.87. The first-order chi connectivity index (χ1) is 13.9. The summed E-state index contributed by atoms with van der Waals surface area (Å²) in [6, 6.07) is 13.0. The second-order valence-corrected chi connectivity index (χ2v) is 7.54. The number of para-hydroxylation sites is 1. The van der Waals surface area contributed by atoms with Crippen LogP contribution < -0.4 is 4.90 Å². The molecule has 2 heterocycles. The van der Waals surface area contributed by atoms with E-state index in [1.54, 1.807) is 25.2 Å². The second kappa shape index (κ2) is 7.58. The van der Waals surface area contributed by atoms with E-state index < -0.39 is 6.09 Å². The monoisotopic (exact) mass is 392 g/mol. The predicted octanol–water partition coefficient (Wildman–Crippen LogP) is 3.89. The summed E-state index contributed by atoms with van der Waals surface area (Å²) in [5.41, 5.74) is 2.47. The Hall–Kier alpha value is -3.35. The number of aromatic nitrogens is 2. The number of nitrogens with zero attached hydrogens (tertiary/aromatic N) is 4. The molecule has 150 valence electrons. The first kappa shape index (κ1) is 19.0. The Labute approximate surface area is 169 Å². The topological polar surface area (TPSA) is 89.8 Å². The molecule has 1 saturated heterocycles. The number of piperidine rings is 1. The van der Waals surface area contributed by atoms with Crippen molar-refractivity contribution in [3.63, 3.8) is 0 Å². The van der Waals surface area contributed by atoms with Gasteiger partial charge in [0.05, 0.1) is 17.1 Å². The number of fused-ring (bicyclic) bond motifs is 1. The van der Waals surface area contributed by atoms with Gasteiger partial charge in [-0.25, -0.2) is 14.8 Å². The normalized spacial score (nSPS) is 16.8. The summed E-state index contributed by atoms with van der Waals surface area (Å²) in [5.74, 6) is 1.37. The van der Waals surface area contributed by atoms with Crippen molar-refractivity contribution in [2.75, 3.05) is 25.0 Å². The third kappa shape index (κ3) is 3.68. The van der Waals surface area contributed by atoms with Crippen LogP contribution in [0.5, 0.6) is 5.75 Å². The second-order valence-electron chi connectivity index (χ2n) is 7.54. The molecule has 1 atom stereocenters. The van der Waals surface area contributed by atoms with Gasteiger partial charge in [0.15, 0.2) is 5.82 Å². The van der Waals surface area contributed by atoms with E-state index in [0.29, 0.717) is 17.9 Å². The third-order valence-corrected chi connectivity index (χ3v) is 5.52. The molecular formula is C22H24N4O3. The molecule has 29 heavy (non-hydrogen) atoms. The Bertz CT molecular complexity index is 1070. The zero-order chi connectivity index (χ0) is 20.5. The molecule has 0 saturated carbocycles. The molecule has 2 aromatic carbocycles. The maximum absolute atomic E-state index is 11.4. The molecule has 1 aliphatic rings. The third-order valence-electron chi connectivity index (χ3n) is 5.52. The summed E-state index contributed by atoms with van der Waals surface area (Å²) >= 11 is 0. The highest BCUT2D eigenvalue weighted by molar-refractivity contribution is 5.92. The average molecular weight is 392 g/mol. The Kier molecular flexibility index (Phi) is 4.96. The van der Waals surface area contributed by atoms with Crippen molar-refractivity contribution >= 4 is 22.8 Å². The van der Waals surface area contributed by atoms with Crippen LogP contribution in [-0.2, 0) is 0 Å². The predicted molar refractivity (Wildman–Crippen MR) is 112 cm³/mol. The lowest BCUT2D eigenvalue weighted by Gasteiger charge is -2.37. The number of phenols is 1. The molecule has 3 aromatic rings. The highest BCUT2D eigenvalue weighted by Gasteiger charge is 2.28. The van der Waals surface area contributed by atoms with Gasteiger partial charge in [0.25, 0.3) is 0 Å². The van der Waals surface area contributed by atoms with Crippen molar-refractivity contribution in [2.45, 2.75) is 25.8 Å². The number of hydrogen-bond donors (Lipinski definition) is 2. The number of phenolic OH excluding ortho intramolecular Hbond substituents is 1. The Balaban J connectivity index is 1.82. The fraction of sp³-hybridized carbons (Fsp3) is 0.318. The van der Waals surface area contributed by atoms with Gasteiger partial charge in [0.2, 0.25) is 0 Å². The first-order valence-corrected chi connectivity index (χ1v) is 9.71. The Morgan fingerprint density at radius 3 is 2.76 bits per heavy atom. The molecule has 0 unspecified atom stereocenters. The fourth-order valence-electron chi connectivity index (χ4n) is 3.87. The molecule has 1 aromatic heterocycles. The van der Waals surface area contributed by atoms with Crippen molar-refractivity contribution in [1.29, 1.82) is 0 Å². The van der Waals surface area contributed by atoms with Gasteiger partial charge in [-0.2, -0.15) is 0 Å². The number of amides is 1. The van der Waals surface area contributed by atoms with Crippen molar-refractivity contribution in [1.82, 2.24) is 14.9 Å². The van der Waals surface area contributed by atoms with Crippen molar-refractivity contribution in [3.05, 3.63) is 48.0 Å². The minimum Gasteiger partial charge on any atom is -0.507 e. The number of likely N-dealkylation sites (N-methyl/N-ethyl adjacent to an activating group) is 1. The van der Waals surface area contributed by atoms with Gasteiger partial charge in [-0.15, -0.1) is 0 Å². The van der Waals surface area contributed by atoms with E-state index in [1.807, 2.05) is 31.2 Å². The lowest BCUT2D eigenvalue weighted by atomic mass is 10.0. The van der Waals surface area contributed by atoms with Crippen molar-refractivity contribution < 1.29 is 15.0 Å². The van der Waals surface area contributed by atoms with Gasteiger partial charge in [-0.05, 0) is 49.6 Å². The zero-order valence-electron chi connectivity index (χ0n) is 16.5. The lowest BCUT2D eigenvalue weighted by molar-refractivity contribution is 0.133. The highest BCUT2D eigenvalue weighted by atomic mass is 16.4. The van der Waals surface area contributed by atoms with Crippen molar-refractivity contribution in [2.24, 2.45) is 0 Å². The summed E-state index contributed by atoms with van der Waals surface area (Å²) in [7, 11) is 1.62. The zero-order valence-corrected chi connectivity index (χ0v) is 16.5. The molecule has 0 radical (unpaired) electrons.